The number of hydrogen-bond donors (Lipinski definition) is 1. The molecule has 2 heterocycles. The lowest BCUT2D eigenvalue weighted by molar-refractivity contribution is 0.194. The maximum absolute atomic E-state index is 14.5. The van der Waals surface area contributed by atoms with Crippen LogP contribution in [0.5, 0.6) is 5.75 Å². The Morgan fingerprint density at radius 3 is 2.52 bits per heavy atom. The highest BCUT2D eigenvalue weighted by Crippen LogP contribution is 2.38. The van der Waals surface area contributed by atoms with E-state index in [1.807, 2.05) is 17.5 Å². The van der Waals surface area contributed by atoms with Crippen molar-refractivity contribution in [1.29, 1.82) is 0 Å². The van der Waals surface area contributed by atoms with Gasteiger partial charge in [-0.2, -0.15) is 0 Å². The Balaban J connectivity index is 0.00000132. The van der Waals surface area contributed by atoms with E-state index in [9.17, 15) is 4.39 Å². The lowest BCUT2D eigenvalue weighted by Crippen LogP contribution is -2.45. The first kappa shape index (κ1) is 20.2. The van der Waals surface area contributed by atoms with E-state index in [2.05, 4.69) is 16.3 Å². The molecule has 1 saturated heterocycles. The Bertz CT molecular complexity index is 592. The van der Waals surface area contributed by atoms with E-state index in [-0.39, 0.29) is 36.7 Å². The third-order valence-electron chi connectivity index (χ3n) is 3.84. The minimum atomic E-state index is -0.203. The summed E-state index contributed by atoms with van der Waals surface area (Å²) in [7, 11) is 1.60. The molecular weight excluding hydrogens is 358 g/mol. The highest BCUT2D eigenvalue weighted by Gasteiger charge is 2.29. The molecule has 7 heteroatoms. The van der Waals surface area contributed by atoms with E-state index >= 15 is 0 Å². The average Bonchev–Trinajstić information content (AvgIpc) is 3.04. The minimum absolute atomic E-state index is 0. The summed E-state index contributed by atoms with van der Waals surface area (Å²) in [5.74, 6) is 0.415. The molecule has 0 aliphatic carbocycles. The van der Waals surface area contributed by atoms with Gasteiger partial charge in [0.15, 0.2) is 0 Å². The highest BCUT2D eigenvalue weighted by atomic mass is 35.5. The van der Waals surface area contributed by atoms with Gasteiger partial charge in [0.1, 0.15) is 11.6 Å². The van der Waals surface area contributed by atoms with Crippen LogP contribution in [0.1, 0.15) is 16.5 Å². The molecule has 0 amide bonds. The monoisotopic (exact) mass is 378 g/mol. The second kappa shape index (κ2) is 9.45. The van der Waals surface area contributed by atoms with Gasteiger partial charge < -0.3 is 10.1 Å². The van der Waals surface area contributed by atoms with Gasteiger partial charge in [0.25, 0.3) is 0 Å². The standard InChI is InChI=1S/C16H19FN2OS.2ClH/c1-20-13-5-2-4-12(17)15(13)16(14-6-3-11-21-14)19-9-7-18-8-10-19;;/h2-6,11,16,18H,7-10H2,1H3;2*1H/t16-;;/m1../s1. The van der Waals surface area contributed by atoms with Crippen LogP contribution < -0.4 is 10.1 Å². The number of nitrogens with one attached hydrogen (secondary N) is 1. The second-order valence-electron chi connectivity index (χ2n) is 5.06. The largest absolute Gasteiger partial charge is 0.496 e. The lowest BCUT2D eigenvalue weighted by Gasteiger charge is -2.35. The molecular formula is C16H21Cl2FN2OS. The van der Waals surface area contributed by atoms with Gasteiger partial charge in [0, 0.05) is 31.1 Å². The van der Waals surface area contributed by atoms with E-state index in [1.165, 1.54) is 6.07 Å². The predicted octanol–water partition coefficient (Wildman–Crippen LogP) is 3.73. The van der Waals surface area contributed by atoms with Crippen molar-refractivity contribution >= 4 is 36.2 Å². The summed E-state index contributed by atoms with van der Waals surface area (Å²) < 4.78 is 19.9. The number of benzene rings is 1. The summed E-state index contributed by atoms with van der Waals surface area (Å²) in [4.78, 5) is 3.48. The Hall–Kier alpha value is -0.850. The van der Waals surface area contributed by atoms with Crippen molar-refractivity contribution in [3.8, 4) is 5.75 Å². The van der Waals surface area contributed by atoms with Gasteiger partial charge in [-0.1, -0.05) is 12.1 Å². The van der Waals surface area contributed by atoms with Crippen LogP contribution in [0.25, 0.3) is 0 Å². The first-order valence-corrected chi connectivity index (χ1v) is 8.00. The first-order valence-electron chi connectivity index (χ1n) is 7.12. The van der Waals surface area contributed by atoms with Crippen molar-refractivity contribution in [2.24, 2.45) is 0 Å². The smallest absolute Gasteiger partial charge is 0.132 e. The molecule has 1 atom stereocenters. The molecule has 1 aromatic heterocycles. The van der Waals surface area contributed by atoms with E-state index < -0.39 is 0 Å². The number of rotatable bonds is 4. The average molecular weight is 379 g/mol. The molecule has 2 aromatic rings. The van der Waals surface area contributed by atoms with Crippen LogP contribution in [0.3, 0.4) is 0 Å². The topological polar surface area (TPSA) is 24.5 Å². The van der Waals surface area contributed by atoms with E-state index in [0.717, 1.165) is 31.1 Å². The van der Waals surface area contributed by atoms with Crippen LogP contribution >= 0.6 is 36.2 Å². The predicted molar refractivity (Wildman–Crippen MR) is 98.1 cm³/mol. The summed E-state index contributed by atoms with van der Waals surface area (Å²) in [6, 6.07) is 9.05. The van der Waals surface area contributed by atoms with E-state index in [0.29, 0.717) is 11.3 Å². The third-order valence-corrected chi connectivity index (χ3v) is 4.76. The van der Waals surface area contributed by atoms with Gasteiger partial charge in [-0.25, -0.2) is 4.39 Å². The summed E-state index contributed by atoms with van der Waals surface area (Å²) >= 11 is 1.66. The molecule has 128 valence electrons. The lowest BCUT2D eigenvalue weighted by atomic mass is 10.0. The fraction of sp³-hybridized carbons (Fsp3) is 0.375. The maximum Gasteiger partial charge on any atom is 0.132 e. The molecule has 3 rings (SSSR count). The second-order valence-corrected chi connectivity index (χ2v) is 6.04. The minimum Gasteiger partial charge on any atom is -0.496 e. The van der Waals surface area contributed by atoms with Gasteiger partial charge >= 0.3 is 0 Å². The number of nitrogens with zero attached hydrogens (tertiary/aromatic N) is 1. The highest BCUT2D eigenvalue weighted by molar-refractivity contribution is 7.10. The number of ether oxygens (including phenoxy) is 1. The number of halogens is 3. The molecule has 1 aliphatic rings. The van der Waals surface area contributed by atoms with Crippen molar-refractivity contribution in [2.45, 2.75) is 6.04 Å². The van der Waals surface area contributed by atoms with Gasteiger partial charge in [-0.15, -0.1) is 36.2 Å². The molecule has 0 unspecified atom stereocenters. The summed E-state index contributed by atoms with van der Waals surface area (Å²) in [6.07, 6.45) is 0. The molecule has 23 heavy (non-hydrogen) atoms. The number of thiophene rings is 1. The Morgan fingerprint density at radius 1 is 1.17 bits per heavy atom. The van der Waals surface area contributed by atoms with E-state index in [4.69, 9.17) is 4.74 Å². The van der Waals surface area contributed by atoms with Crippen molar-refractivity contribution in [1.82, 2.24) is 10.2 Å². The number of hydrogen-bond acceptors (Lipinski definition) is 4. The van der Waals surface area contributed by atoms with Crippen molar-refractivity contribution in [2.75, 3.05) is 33.3 Å². The maximum atomic E-state index is 14.5. The van der Waals surface area contributed by atoms with Crippen LogP contribution in [-0.4, -0.2) is 38.2 Å². The number of methoxy groups -OCH3 is 1. The van der Waals surface area contributed by atoms with Gasteiger partial charge in [0.05, 0.1) is 18.7 Å². The SMILES string of the molecule is COc1cccc(F)c1[C@@H](c1cccs1)N1CCNCC1.Cl.Cl. The van der Waals surface area contributed by atoms with E-state index in [1.54, 1.807) is 24.5 Å². The Morgan fingerprint density at radius 2 is 1.91 bits per heavy atom. The Kier molecular flexibility index (Phi) is 8.29. The normalized spacial score (nSPS) is 16.1. The first-order chi connectivity index (χ1) is 10.3. The summed E-state index contributed by atoms with van der Waals surface area (Å²) in [5, 5.41) is 5.39. The van der Waals surface area contributed by atoms with Gasteiger partial charge in [-0.05, 0) is 23.6 Å². The molecule has 3 nitrogen and oxygen atoms in total. The summed E-state index contributed by atoms with van der Waals surface area (Å²) in [5.41, 5.74) is 0.643. The molecule has 0 radical (unpaired) electrons. The van der Waals surface area contributed by atoms with Crippen LogP contribution in [0.15, 0.2) is 35.7 Å². The quantitative estimate of drug-likeness (QED) is 0.876. The zero-order valence-corrected chi connectivity index (χ0v) is 15.3. The zero-order chi connectivity index (χ0) is 14.7. The van der Waals surface area contributed by atoms with Crippen molar-refractivity contribution in [3.05, 3.63) is 52.0 Å². The van der Waals surface area contributed by atoms with Crippen LogP contribution in [0.4, 0.5) is 4.39 Å². The van der Waals surface area contributed by atoms with Crippen LogP contribution in [0.2, 0.25) is 0 Å². The van der Waals surface area contributed by atoms with Crippen LogP contribution in [-0.2, 0) is 0 Å². The molecule has 0 spiro atoms. The zero-order valence-electron chi connectivity index (χ0n) is 12.8. The number of piperazine rings is 1. The molecule has 1 aromatic carbocycles. The fourth-order valence-corrected chi connectivity index (χ4v) is 3.72. The summed E-state index contributed by atoms with van der Waals surface area (Å²) in [6.45, 7) is 3.66. The molecule has 1 N–H and O–H groups in total. The van der Waals surface area contributed by atoms with Crippen molar-refractivity contribution in [3.63, 3.8) is 0 Å². The third kappa shape index (κ3) is 4.37. The van der Waals surface area contributed by atoms with Gasteiger partial charge in [0.2, 0.25) is 0 Å². The molecule has 1 fully saturated rings. The molecule has 0 bridgehead atoms. The molecule has 1 aliphatic heterocycles. The fourth-order valence-electron chi connectivity index (χ4n) is 2.85. The Labute approximate surface area is 152 Å². The van der Waals surface area contributed by atoms with Gasteiger partial charge in [-0.3, -0.25) is 4.90 Å². The van der Waals surface area contributed by atoms with Crippen LogP contribution in [0, 0.1) is 5.82 Å². The molecule has 0 saturated carbocycles. The van der Waals surface area contributed by atoms with Crippen molar-refractivity contribution < 1.29 is 9.13 Å².